The van der Waals surface area contributed by atoms with Gasteiger partial charge in [0.1, 0.15) is 11.8 Å². The zero-order valence-electron chi connectivity index (χ0n) is 6.28. The van der Waals surface area contributed by atoms with Crippen LogP contribution in [-0.4, -0.2) is 4.98 Å². The molecule has 2 aromatic rings. The molecule has 0 N–H and O–H groups in total. The van der Waals surface area contributed by atoms with E-state index in [4.69, 9.17) is 5.26 Å². The van der Waals surface area contributed by atoms with Crippen LogP contribution < -0.4 is 0 Å². The standard InChI is InChI=1S/C10H5N2/c11-7-9-6-5-8-3-1-2-4-10(8)12-9/h1-4,6H. The fourth-order valence-corrected chi connectivity index (χ4v) is 1.06. The van der Waals surface area contributed by atoms with Crippen LogP contribution in [0.5, 0.6) is 0 Å². The van der Waals surface area contributed by atoms with Gasteiger partial charge in [0.05, 0.1) is 5.52 Å². The largest absolute Gasteiger partial charge is 0.237 e. The maximum absolute atomic E-state index is 8.56. The second-order valence-electron chi connectivity index (χ2n) is 2.41. The lowest BCUT2D eigenvalue weighted by molar-refractivity contribution is 1.32. The van der Waals surface area contributed by atoms with Crippen molar-refractivity contribution in [2.24, 2.45) is 0 Å². The van der Waals surface area contributed by atoms with Gasteiger partial charge in [0.2, 0.25) is 0 Å². The van der Waals surface area contributed by atoms with Crippen molar-refractivity contribution in [1.82, 2.24) is 4.98 Å². The summed E-state index contributed by atoms with van der Waals surface area (Å²) in [7, 11) is 0. The smallest absolute Gasteiger partial charge is 0.141 e. The molecular weight excluding hydrogens is 148 g/mol. The van der Waals surface area contributed by atoms with Gasteiger partial charge in [-0.3, -0.25) is 0 Å². The Labute approximate surface area is 70.1 Å². The minimum atomic E-state index is 0.411. The number of nitrogens with zero attached hydrogens (tertiary/aromatic N) is 2. The third kappa shape index (κ3) is 1.02. The van der Waals surface area contributed by atoms with Crippen LogP contribution in [0.3, 0.4) is 0 Å². The van der Waals surface area contributed by atoms with E-state index in [1.165, 1.54) is 0 Å². The highest BCUT2D eigenvalue weighted by Gasteiger charge is 1.94. The van der Waals surface area contributed by atoms with Gasteiger partial charge < -0.3 is 0 Å². The maximum atomic E-state index is 8.56. The fourth-order valence-electron chi connectivity index (χ4n) is 1.06. The van der Waals surface area contributed by atoms with Gasteiger partial charge in [0.15, 0.2) is 0 Å². The van der Waals surface area contributed by atoms with E-state index in [9.17, 15) is 0 Å². The molecule has 0 aliphatic heterocycles. The molecule has 0 saturated heterocycles. The highest BCUT2D eigenvalue weighted by molar-refractivity contribution is 5.78. The van der Waals surface area contributed by atoms with Crippen molar-refractivity contribution in [2.75, 3.05) is 0 Å². The first-order chi connectivity index (χ1) is 5.90. The molecule has 1 aromatic carbocycles. The van der Waals surface area contributed by atoms with E-state index in [-0.39, 0.29) is 0 Å². The molecule has 2 nitrogen and oxygen atoms in total. The van der Waals surface area contributed by atoms with Crippen LogP contribution in [0.1, 0.15) is 5.69 Å². The number of nitriles is 1. The van der Waals surface area contributed by atoms with Crippen LogP contribution in [-0.2, 0) is 0 Å². The van der Waals surface area contributed by atoms with Gasteiger partial charge in [-0.15, -0.1) is 0 Å². The zero-order valence-corrected chi connectivity index (χ0v) is 6.28. The predicted octanol–water partition coefficient (Wildman–Crippen LogP) is 1.91. The van der Waals surface area contributed by atoms with Crippen molar-refractivity contribution in [2.45, 2.75) is 0 Å². The van der Waals surface area contributed by atoms with Crippen LogP contribution >= 0.6 is 0 Å². The topological polar surface area (TPSA) is 36.7 Å². The number of hydrogen-bond donors (Lipinski definition) is 0. The number of hydrogen-bond acceptors (Lipinski definition) is 2. The molecule has 1 heterocycles. The Bertz CT molecular complexity index is 455. The lowest BCUT2D eigenvalue weighted by Gasteiger charge is -1.94. The van der Waals surface area contributed by atoms with Gasteiger partial charge in [-0.2, -0.15) is 5.26 Å². The number of fused-ring (bicyclic) bond motifs is 1. The van der Waals surface area contributed by atoms with Crippen LogP contribution in [0.15, 0.2) is 30.3 Å². The molecule has 0 bridgehead atoms. The average Bonchev–Trinajstić information content (AvgIpc) is 2.17. The first-order valence-electron chi connectivity index (χ1n) is 3.58. The van der Waals surface area contributed by atoms with E-state index >= 15 is 0 Å². The summed E-state index contributed by atoms with van der Waals surface area (Å²) in [6.45, 7) is 0. The summed E-state index contributed by atoms with van der Waals surface area (Å²) >= 11 is 0. The van der Waals surface area contributed by atoms with Crippen molar-refractivity contribution in [3.05, 3.63) is 42.1 Å². The Morgan fingerprint density at radius 2 is 2.17 bits per heavy atom. The molecule has 0 saturated carbocycles. The summed E-state index contributed by atoms with van der Waals surface area (Å²) in [6.07, 6.45) is 0. The minimum Gasteiger partial charge on any atom is -0.237 e. The van der Waals surface area contributed by atoms with Crippen molar-refractivity contribution in [1.29, 1.82) is 5.26 Å². The summed E-state index contributed by atoms with van der Waals surface area (Å²) in [5, 5.41) is 9.51. The molecule has 1 radical (unpaired) electrons. The lowest BCUT2D eigenvalue weighted by atomic mass is 10.2. The normalized spacial score (nSPS) is 9.58. The van der Waals surface area contributed by atoms with Crippen molar-refractivity contribution in [3.8, 4) is 6.07 Å². The van der Waals surface area contributed by atoms with Gasteiger partial charge in [-0.1, -0.05) is 18.2 Å². The molecule has 12 heavy (non-hydrogen) atoms. The molecule has 2 rings (SSSR count). The van der Waals surface area contributed by atoms with Crippen molar-refractivity contribution >= 4 is 10.9 Å². The van der Waals surface area contributed by atoms with Gasteiger partial charge >= 0.3 is 0 Å². The van der Waals surface area contributed by atoms with Crippen LogP contribution in [0.2, 0.25) is 0 Å². The molecule has 0 atom stereocenters. The SMILES string of the molecule is N#Cc1c[c]c2ccccc2n1. The first-order valence-corrected chi connectivity index (χ1v) is 3.58. The Hall–Kier alpha value is -1.88. The molecule has 0 spiro atoms. The first kappa shape index (κ1) is 6.81. The Balaban J connectivity index is 2.78. The van der Waals surface area contributed by atoms with E-state index in [1.807, 2.05) is 30.3 Å². The van der Waals surface area contributed by atoms with Crippen molar-refractivity contribution in [3.63, 3.8) is 0 Å². The predicted molar refractivity (Wildman–Crippen MR) is 45.3 cm³/mol. The molecular formula is C10H5N2. The van der Waals surface area contributed by atoms with E-state index in [0.29, 0.717) is 5.69 Å². The van der Waals surface area contributed by atoms with Gasteiger partial charge in [0, 0.05) is 5.39 Å². The molecule has 55 valence electrons. The van der Waals surface area contributed by atoms with Gasteiger partial charge in [-0.05, 0) is 18.2 Å². The zero-order chi connectivity index (χ0) is 8.39. The Morgan fingerprint density at radius 1 is 1.33 bits per heavy atom. The van der Waals surface area contributed by atoms with E-state index in [2.05, 4.69) is 11.1 Å². The number of rotatable bonds is 0. The molecule has 1 aromatic heterocycles. The molecule has 0 fully saturated rings. The summed E-state index contributed by atoms with van der Waals surface area (Å²) < 4.78 is 0. The molecule has 0 aliphatic carbocycles. The summed E-state index contributed by atoms with van der Waals surface area (Å²) in [5.41, 5.74) is 1.23. The van der Waals surface area contributed by atoms with E-state index < -0.39 is 0 Å². The summed E-state index contributed by atoms with van der Waals surface area (Å²) in [6, 6.07) is 14.2. The van der Waals surface area contributed by atoms with Crippen LogP contribution in [0.4, 0.5) is 0 Å². The second kappa shape index (κ2) is 2.63. The van der Waals surface area contributed by atoms with Crippen molar-refractivity contribution < 1.29 is 0 Å². The number of aromatic nitrogens is 1. The highest BCUT2D eigenvalue weighted by atomic mass is 14.7. The molecule has 0 amide bonds. The van der Waals surface area contributed by atoms with E-state index in [1.54, 1.807) is 6.07 Å². The quantitative estimate of drug-likeness (QED) is 0.579. The Morgan fingerprint density at radius 3 is 3.00 bits per heavy atom. The maximum Gasteiger partial charge on any atom is 0.141 e. The minimum absolute atomic E-state index is 0.411. The summed E-state index contributed by atoms with van der Waals surface area (Å²) in [4.78, 5) is 4.10. The number of benzene rings is 1. The van der Waals surface area contributed by atoms with Crippen LogP contribution in [0, 0.1) is 17.4 Å². The monoisotopic (exact) mass is 153 g/mol. The lowest BCUT2D eigenvalue weighted by Crippen LogP contribution is -1.82. The molecule has 0 aliphatic rings. The number of pyridine rings is 1. The van der Waals surface area contributed by atoms with E-state index in [0.717, 1.165) is 10.9 Å². The highest BCUT2D eigenvalue weighted by Crippen LogP contribution is 2.09. The fraction of sp³-hybridized carbons (Fsp3) is 0. The third-order valence-corrected chi connectivity index (χ3v) is 1.62. The average molecular weight is 153 g/mol. The van der Waals surface area contributed by atoms with Gasteiger partial charge in [0.25, 0.3) is 0 Å². The molecule has 0 unspecified atom stereocenters. The summed E-state index contributed by atoms with van der Waals surface area (Å²) in [5.74, 6) is 0. The second-order valence-corrected chi connectivity index (χ2v) is 2.41. The third-order valence-electron chi connectivity index (χ3n) is 1.62. The van der Waals surface area contributed by atoms with Crippen LogP contribution in [0.25, 0.3) is 10.9 Å². The van der Waals surface area contributed by atoms with Gasteiger partial charge in [-0.25, -0.2) is 4.98 Å². The Kier molecular flexibility index (Phi) is 1.49. The molecule has 2 heteroatoms. The number of para-hydroxylation sites is 1.